The van der Waals surface area contributed by atoms with Crippen LogP contribution in [-0.2, 0) is 14.8 Å². The second kappa shape index (κ2) is 6.01. The molecular weight excluding hydrogens is 330 g/mol. The molecule has 0 spiro atoms. The summed E-state index contributed by atoms with van der Waals surface area (Å²) < 4.78 is 36.8. The van der Waals surface area contributed by atoms with Gasteiger partial charge in [0.05, 0.1) is 30.2 Å². The molecule has 24 heavy (non-hydrogen) atoms. The first-order valence-corrected chi connectivity index (χ1v) is 8.51. The number of ether oxygens (including phenoxy) is 2. The number of methoxy groups -OCH3 is 2. The molecule has 1 heterocycles. The number of nitrogens with zero attached hydrogens (tertiary/aromatic N) is 1. The summed E-state index contributed by atoms with van der Waals surface area (Å²) >= 11 is 0. The number of hydrogen-bond acceptors (Lipinski definition) is 5. The highest BCUT2D eigenvalue weighted by molar-refractivity contribution is 7.90. The number of carbonyl (C=O) groups excluding carboxylic acids is 1. The summed E-state index contributed by atoms with van der Waals surface area (Å²) in [7, 11) is -1.10. The van der Waals surface area contributed by atoms with Crippen molar-refractivity contribution in [1.29, 1.82) is 0 Å². The van der Waals surface area contributed by atoms with Crippen LogP contribution in [0.4, 0.5) is 0 Å². The van der Waals surface area contributed by atoms with Gasteiger partial charge >= 0.3 is 5.97 Å². The molecule has 0 saturated carbocycles. The Morgan fingerprint density at radius 1 is 1.00 bits per heavy atom. The smallest absolute Gasteiger partial charge is 0.340 e. The van der Waals surface area contributed by atoms with Gasteiger partial charge in [-0.15, -0.1) is 0 Å². The van der Waals surface area contributed by atoms with Crippen LogP contribution < -0.4 is 4.74 Å². The third-order valence-electron chi connectivity index (χ3n) is 3.70. The first-order chi connectivity index (χ1) is 11.5. The summed E-state index contributed by atoms with van der Waals surface area (Å²) in [5.41, 5.74) is 0.610. The van der Waals surface area contributed by atoms with Gasteiger partial charge in [0.1, 0.15) is 5.75 Å². The molecule has 0 bridgehead atoms. The first-order valence-electron chi connectivity index (χ1n) is 7.07. The number of aromatic nitrogens is 1. The number of hydrogen-bond donors (Lipinski definition) is 0. The predicted molar refractivity (Wildman–Crippen MR) is 88.9 cm³/mol. The Balaban J connectivity index is 2.22. The van der Waals surface area contributed by atoms with Gasteiger partial charge in [0.2, 0.25) is 0 Å². The highest BCUT2D eigenvalue weighted by Gasteiger charge is 2.23. The van der Waals surface area contributed by atoms with Crippen LogP contribution in [0.3, 0.4) is 0 Å². The monoisotopic (exact) mass is 345 g/mol. The molecule has 0 aliphatic heterocycles. The molecule has 6 nitrogen and oxygen atoms in total. The molecular formula is C17H15NO5S. The Morgan fingerprint density at radius 2 is 1.67 bits per heavy atom. The van der Waals surface area contributed by atoms with Crippen LogP contribution in [0.1, 0.15) is 10.4 Å². The van der Waals surface area contributed by atoms with E-state index in [-0.39, 0.29) is 10.5 Å². The van der Waals surface area contributed by atoms with Crippen molar-refractivity contribution in [3.8, 4) is 5.75 Å². The number of fused-ring (bicyclic) bond motifs is 1. The van der Waals surface area contributed by atoms with E-state index in [9.17, 15) is 13.2 Å². The molecule has 0 aliphatic rings. The molecule has 0 N–H and O–H groups in total. The van der Waals surface area contributed by atoms with E-state index in [1.165, 1.54) is 32.5 Å². The number of para-hydroxylation sites is 1. The third kappa shape index (κ3) is 2.52. The lowest BCUT2D eigenvalue weighted by Crippen LogP contribution is -2.12. The molecule has 0 fully saturated rings. The lowest BCUT2D eigenvalue weighted by Gasteiger charge is -2.08. The van der Waals surface area contributed by atoms with Crippen molar-refractivity contribution in [2.24, 2.45) is 0 Å². The molecule has 1 aromatic heterocycles. The third-order valence-corrected chi connectivity index (χ3v) is 5.39. The van der Waals surface area contributed by atoms with Gasteiger partial charge in [0, 0.05) is 11.6 Å². The zero-order chi connectivity index (χ0) is 17.3. The molecule has 0 unspecified atom stereocenters. The summed E-state index contributed by atoms with van der Waals surface area (Å²) in [5, 5.41) is 0.515. The van der Waals surface area contributed by atoms with Crippen molar-refractivity contribution in [2.75, 3.05) is 14.2 Å². The molecule has 0 aliphatic carbocycles. The maximum atomic E-state index is 12.9. The van der Waals surface area contributed by atoms with E-state index in [4.69, 9.17) is 9.47 Å². The minimum atomic E-state index is -3.86. The maximum absolute atomic E-state index is 12.9. The minimum Gasteiger partial charge on any atom is -0.497 e. The van der Waals surface area contributed by atoms with Crippen molar-refractivity contribution in [3.63, 3.8) is 0 Å². The molecule has 124 valence electrons. The lowest BCUT2D eigenvalue weighted by atomic mass is 10.2. The second-order valence-electron chi connectivity index (χ2n) is 5.03. The fraction of sp³-hybridized carbons (Fsp3) is 0.118. The predicted octanol–water partition coefficient (Wildman–Crippen LogP) is 2.67. The summed E-state index contributed by atoms with van der Waals surface area (Å²) in [4.78, 5) is 12.0. The van der Waals surface area contributed by atoms with Gasteiger partial charge in [-0.25, -0.2) is 17.2 Å². The normalized spacial score (nSPS) is 11.4. The van der Waals surface area contributed by atoms with E-state index in [0.29, 0.717) is 16.7 Å². The average molecular weight is 345 g/mol. The second-order valence-corrected chi connectivity index (χ2v) is 6.84. The van der Waals surface area contributed by atoms with Gasteiger partial charge in [-0.2, -0.15) is 0 Å². The zero-order valence-corrected chi connectivity index (χ0v) is 13.9. The molecule has 3 rings (SSSR count). The average Bonchev–Trinajstić information content (AvgIpc) is 3.01. The van der Waals surface area contributed by atoms with Crippen molar-refractivity contribution in [2.45, 2.75) is 4.90 Å². The highest BCUT2D eigenvalue weighted by Crippen LogP contribution is 2.27. The van der Waals surface area contributed by atoms with Crippen molar-refractivity contribution >= 4 is 26.9 Å². The molecule has 0 atom stereocenters. The van der Waals surface area contributed by atoms with E-state index < -0.39 is 16.0 Å². The van der Waals surface area contributed by atoms with Crippen LogP contribution in [0, 0.1) is 0 Å². The topological polar surface area (TPSA) is 74.6 Å². The fourth-order valence-corrected chi connectivity index (χ4v) is 3.85. The van der Waals surface area contributed by atoms with Crippen LogP contribution in [-0.4, -0.2) is 32.6 Å². The number of carbonyl (C=O) groups is 1. The number of benzene rings is 2. The summed E-state index contributed by atoms with van der Waals surface area (Å²) in [5.74, 6) is -0.0311. The van der Waals surface area contributed by atoms with Gasteiger partial charge in [-0.3, -0.25) is 0 Å². The standard InChI is InChI=1S/C17H15NO5S/c1-22-12-7-9-13(10-8-12)24(20,21)18-11-15(17(19)23-2)14-5-3-4-6-16(14)18/h3-11H,1-2H3. The van der Waals surface area contributed by atoms with E-state index in [2.05, 4.69) is 0 Å². The molecule has 0 amide bonds. The van der Waals surface area contributed by atoms with Crippen LogP contribution in [0.5, 0.6) is 5.75 Å². The SMILES string of the molecule is COC(=O)c1cn(S(=O)(=O)c2ccc(OC)cc2)c2ccccc12. The van der Waals surface area contributed by atoms with Crippen molar-refractivity contribution < 1.29 is 22.7 Å². The Hall–Kier alpha value is -2.80. The van der Waals surface area contributed by atoms with Crippen molar-refractivity contribution in [1.82, 2.24) is 3.97 Å². The van der Waals surface area contributed by atoms with Gasteiger partial charge < -0.3 is 9.47 Å². The molecule has 0 saturated heterocycles. The summed E-state index contributed by atoms with van der Waals surface area (Å²) in [6, 6.07) is 12.8. The zero-order valence-electron chi connectivity index (χ0n) is 13.1. The highest BCUT2D eigenvalue weighted by atomic mass is 32.2. The van der Waals surface area contributed by atoms with Gasteiger partial charge in [0.25, 0.3) is 10.0 Å². The summed E-state index contributed by atoms with van der Waals surface area (Å²) in [6.45, 7) is 0. The van der Waals surface area contributed by atoms with Crippen molar-refractivity contribution in [3.05, 3.63) is 60.3 Å². The molecule has 0 radical (unpaired) electrons. The Bertz CT molecular complexity index is 1000. The summed E-state index contributed by atoms with van der Waals surface area (Å²) in [6.07, 6.45) is 1.29. The fourth-order valence-electron chi connectivity index (χ4n) is 2.48. The molecule has 3 aromatic rings. The minimum absolute atomic E-state index is 0.0977. The molecule has 7 heteroatoms. The molecule has 2 aromatic carbocycles. The Morgan fingerprint density at radius 3 is 2.29 bits per heavy atom. The van der Waals surface area contributed by atoms with Crippen LogP contribution in [0.25, 0.3) is 10.9 Å². The van der Waals surface area contributed by atoms with Crippen LogP contribution in [0.15, 0.2) is 59.6 Å². The Labute approximate surface area is 139 Å². The van der Waals surface area contributed by atoms with Crippen LogP contribution in [0.2, 0.25) is 0 Å². The maximum Gasteiger partial charge on any atom is 0.340 e. The van der Waals surface area contributed by atoms with Gasteiger partial charge in [-0.1, -0.05) is 18.2 Å². The number of rotatable bonds is 4. The van der Waals surface area contributed by atoms with E-state index in [1.54, 1.807) is 36.4 Å². The van der Waals surface area contributed by atoms with E-state index in [0.717, 1.165) is 3.97 Å². The quantitative estimate of drug-likeness (QED) is 0.680. The van der Waals surface area contributed by atoms with Gasteiger partial charge in [0.15, 0.2) is 0 Å². The van der Waals surface area contributed by atoms with Crippen LogP contribution >= 0.6 is 0 Å². The van der Waals surface area contributed by atoms with E-state index in [1.807, 2.05) is 0 Å². The lowest BCUT2D eigenvalue weighted by molar-refractivity contribution is 0.0603. The number of esters is 1. The first kappa shape index (κ1) is 16.1. The van der Waals surface area contributed by atoms with E-state index >= 15 is 0 Å². The Kier molecular flexibility index (Phi) is 4.02. The largest absolute Gasteiger partial charge is 0.497 e. The van der Waals surface area contributed by atoms with Gasteiger partial charge in [-0.05, 0) is 30.3 Å².